The van der Waals surface area contributed by atoms with Gasteiger partial charge < -0.3 is 5.73 Å². The van der Waals surface area contributed by atoms with Crippen LogP contribution in [0.15, 0.2) is 23.1 Å². The number of nitrogens with one attached hydrogen (secondary N) is 1. The molecule has 3 N–H and O–H groups in total. The van der Waals surface area contributed by atoms with E-state index in [2.05, 4.69) is 0 Å². The van der Waals surface area contributed by atoms with E-state index in [1.807, 2.05) is 0 Å². The second kappa shape index (κ2) is 5.45. The van der Waals surface area contributed by atoms with Gasteiger partial charge in [-0.1, -0.05) is 13.0 Å². The Morgan fingerprint density at radius 2 is 2.11 bits per heavy atom. The summed E-state index contributed by atoms with van der Waals surface area (Å²) in [5.74, 6) is -0.868. The molecule has 0 aliphatic heterocycles. The van der Waals surface area contributed by atoms with E-state index in [1.165, 1.54) is 12.1 Å². The Labute approximate surface area is 106 Å². The molecule has 100 valence electrons. The molecule has 0 saturated heterocycles. The molecule has 0 radical (unpaired) electrons. The second-order valence-electron chi connectivity index (χ2n) is 3.87. The van der Waals surface area contributed by atoms with Crippen LogP contribution in [-0.2, 0) is 10.0 Å². The molecule has 0 saturated carbocycles. The molecular weight excluding hydrogens is 257 g/mol. The lowest BCUT2D eigenvalue weighted by Gasteiger charge is -2.20. The Bertz CT molecular complexity index is 557. The minimum absolute atomic E-state index is 0.0920. The van der Waals surface area contributed by atoms with Gasteiger partial charge in [0.1, 0.15) is 11.7 Å². The minimum atomic E-state index is -3.83. The van der Waals surface area contributed by atoms with E-state index >= 15 is 0 Å². The van der Waals surface area contributed by atoms with Crippen LogP contribution in [0.5, 0.6) is 0 Å². The molecule has 5 nitrogen and oxygen atoms in total. The normalized spacial score (nSPS) is 11.8. The molecule has 0 fully saturated rings. The van der Waals surface area contributed by atoms with Gasteiger partial charge in [-0.2, -0.15) is 4.31 Å². The number of hydrogen-bond donors (Lipinski definition) is 2. The standard InChI is InChI=1S/C11H16FN3O2S/c1-3-15(7-11(13)14)18(16,17)10-6-9(12)5-4-8(10)2/h4-6H,3,7H2,1-2H3,(H3,13,14). The Kier molecular flexibility index (Phi) is 4.42. The van der Waals surface area contributed by atoms with Crippen molar-refractivity contribution in [1.82, 2.24) is 4.31 Å². The molecule has 0 aliphatic rings. The van der Waals surface area contributed by atoms with Crippen molar-refractivity contribution in [3.8, 4) is 0 Å². The zero-order chi connectivity index (χ0) is 13.9. The number of nitrogens with two attached hydrogens (primary N) is 1. The summed E-state index contributed by atoms with van der Waals surface area (Å²) in [6, 6.07) is 3.59. The van der Waals surface area contributed by atoms with Crippen molar-refractivity contribution in [2.45, 2.75) is 18.7 Å². The maximum atomic E-state index is 13.2. The van der Waals surface area contributed by atoms with E-state index in [0.717, 1.165) is 10.4 Å². The molecule has 1 aromatic carbocycles. The summed E-state index contributed by atoms with van der Waals surface area (Å²) >= 11 is 0. The quantitative estimate of drug-likeness (QED) is 0.621. The van der Waals surface area contributed by atoms with Gasteiger partial charge in [0.2, 0.25) is 10.0 Å². The maximum Gasteiger partial charge on any atom is 0.243 e. The number of nitrogens with zero attached hydrogens (tertiary/aromatic N) is 1. The second-order valence-corrected chi connectivity index (χ2v) is 5.77. The molecule has 1 rings (SSSR count). The molecule has 0 atom stereocenters. The van der Waals surface area contributed by atoms with Gasteiger partial charge in [-0.05, 0) is 24.6 Å². The summed E-state index contributed by atoms with van der Waals surface area (Å²) < 4.78 is 38.8. The third-order valence-corrected chi connectivity index (χ3v) is 4.53. The zero-order valence-electron chi connectivity index (χ0n) is 10.3. The first kappa shape index (κ1) is 14.6. The average molecular weight is 273 g/mol. The van der Waals surface area contributed by atoms with E-state index in [9.17, 15) is 12.8 Å². The number of likely N-dealkylation sites (N-methyl/N-ethyl adjacent to an activating group) is 1. The Hall–Kier alpha value is -1.47. The molecule has 18 heavy (non-hydrogen) atoms. The summed E-state index contributed by atoms with van der Waals surface area (Å²) in [5, 5.41) is 7.16. The van der Waals surface area contributed by atoms with Crippen molar-refractivity contribution in [3.05, 3.63) is 29.6 Å². The summed E-state index contributed by atoms with van der Waals surface area (Å²) in [5.41, 5.74) is 5.67. The van der Waals surface area contributed by atoms with Crippen LogP contribution in [0, 0.1) is 18.2 Å². The first-order valence-electron chi connectivity index (χ1n) is 5.38. The van der Waals surface area contributed by atoms with Gasteiger partial charge in [0, 0.05) is 6.54 Å². The number of sulfonamides is 1. The molecule has 0 unspecified atom stereocenters. The van der Waals surface area contributed by atoms with Gasteiger partial charge in [-0.15, -0.1) is 0 Å². The molecule has 0 spiro atoms. The third-order valence-electron chi connectivity index (χ3n) is 2.47. The predicted octanol–water partition coefficient (Wildman–Crippen LogP) is 1.08. The highest BCUT2D eigenvalue weighted by molar-refractivity contribution is 7.89. The average Bonchev–Trinajstić information content (AvgIpc) is 2.28. The Balaban J connectivity index is 3.26. The first-order valence-corrected chi connectivity index (χ1v) is 6.82. The SMILES string of the molecule is CCN(CC(=N)N)S(=O)(=O)c1cc(F)ccc1C. The van der Waals surface area contributed by atoms with Crippen LogP contribution in [0.4, 0.5) is 4.39 Å². The largest absolute Gasteiger partial charge is 0.387 e. The highest BCUT2D eigenvalue weighted by Crippen LogP contribution is 2.20. The lowest BCUT2D eigenvalue weighted by Crippen LogP contribution is -2.38. The summed E-state index contributed by atoms with van der Waals surface area (Å²) in [6.45, 7) is 3.19. The smallest absolute Gasteiger partial charge is 0.243 e. The van der Waals surface area contributed by atoms with E-state index in [0.29, 0.717) is 5.56 Å². The molecule has 0 bridgehead atoms. The summed E-state index contributed by atoms with van der Waals surface area (Å²) in [4.78, 5) is -0.0920. The van der Waals surface area contributed by atoms with Crippen molar-refractivity contribution in [2.75, 3.05) is 13.1 Å². The van der Waals surface area contributed by atoms with Crippen LogP contribution in [-0.4, -0.2) is 31.6 Å². The lowest BCUT2D eigenvalue weighted by molar-refractivity contribution is 0.464. The van der Waals surface area contributed by atoms with Crippen LogP contribution in [0.1, 0.15) is 12.5 Å². The number of halogens is 1. The van der Waals surface area contributed by atoms with Gasteiger partial charge in [-0.25, -0.2) is 12.8 Å². The molecule has 0 aliphatic carbocycles. The Morgan fingerprint density at radius 1 is 1.50 bits per heavy atom. The topological polar surface area (TPSA) is 87.2 Å². The number of aryl methyl sites for hydroxylation is 1. The van der Waals surface area contributed by atoms with Crippen molar-refractivity contribution >= 4 is 15.9 Å². The van der Waals surface area contributed by atoms with Crippen LogP contribution >= 0.6 is 0 Å². The molecule has 0 amide bonds. The molecular formula is C11H16FN3O2S. The van der Waals surface area contributed by atoms with E-state index in [1.54, 1.807) is 13.8 Å². The van der Waals surface area contributed by atoms with Gasteiger partial charge in [-0.3, -0.25) is 5.41 Å². The molecule has 0 heterocycles. The van der Waals surface area contributed by atoms with Crippen LogP contribution < -0.4 is 5.73 Å². The highest BCUT2D eigenvalue weighted by atomic mass is 32.2. The minimum Gasteiger partial charge on any atom is -0.387 e. The van der Waals surface area contributed by atoms with Gasteiger partial charge in [0.05, 0.1) is 11.4 Å². The van der Waals surface area contributed by atoms with Crippen molar-refractivity contribution in [2.24, 2.45) is 5.73 Å². The van der Waals surface area contributed by atoms with E-state index < -0.39 is 15.8 Å². The number of hydrogen-bond acceptors (Lipinski definition) is 3. The highest BCUT2D eigenvalue weighted by Gasteiger charge is 2.25. The molecule has 0 aromatic heterocycles. The van der Waals surface area contributed by atoms with E-state index in [4.69, 9.17) is 11.1 Å². The van der Waals surface area contributed by atoms with Crippen LogP contribution in [0.2, 0.25) is 0 Å². The van der Waals surface area contributed by atoms with Crippen molar-refractivity contribution in [3.63, 3.8) is 0 Å². The molecule has 7 heteroatoms. The monoisotopic (exact) mass is 273 g/mol. The number of amidine groups is 1. The summed E-state index contributed by atoms with van der Waals surface area (Å²) in [6.07, 6.45) is 0. The van der Waals surface area contributed by atoms with Crippen LogP contribution in [0.25, 0.3) is 0 Å². The fourth-order valence-corrected chi connectivity index (χ4v) is 3.21. The number of rotatable bonds is 5. The third kappa shape index (κ3) is 3.05. The van der Waals surface area contributed by atoms with Crippen LogP contribution in [0.3, 0.4) is 0 Å². The maximum absolute atomic E-state index is 13.2. The summed E-state index contributed by atoms with van der Waals surface area (Å²) in [7, 11) is -3.83. The van der Waals surface area contributed by atoms with Crippen molar-refractivity contribution in [1.29, 1.82) is 5.41 Å². The zero-order valence-corrected chi connectivity index (χ0v) is 11.1. The van der Waals surface area contributed by atoms with E-state index in [-0.39, 0.29) is 23.8 Å². The lowest BCUT2D eigenvalue weighted by atomic mass is 10.2. The molecule has 1 aromatic rings. The van der Waals surface area contributed by atoms with Gasteiger partial charge >= 0.3 is 0 Å². The Morgan fingerprint density at radius 3 is 2.61 bits per heavy atom. The first-order chi connectivity index (χ1) is 8.28. The fourth-order valence-electron chi connectivity index (χ4n) is 1.55. The van der Waals surface area contributed by atoms with Gasteiger partial charge in [0.25, 0.3) is 0 Å². The predicted molar refractivity (Wildman–Crippen MR) is 67.5 cm³/mol. The van der Waals surface area contributed by atoms with Gasteiger partial charge in [0.15, 0.2) is 0 Å². The fraction of sp³-hybridized carbons (Fsp3) is 0.364. The van der Waals surface area contributed by atoms with Crippen molar-refractivity contribution < 1.29 is 12.8 Å². The number of benzene rings is 1.